The van der Waals surface area contributed by atoms with Crippen LogP contribution in [0.15, 0.2) is 12.1 Å². The van der Waals surface area contributed by atoms with Crippen molar-refractivity contribution in [1.82, 2.24) is 0 Å². The zero-order valence-electron chi connectivity index (χ0n) is 12.2. The van der Waals surface area contributed by atoms with Crippen molar-refractivity contribution in [2.75, 3.05) is 5.43 Å². The van der Waals surface area contributed by atoms with Crippen molar-refractivity contribution >= 4 is 5.69 Å². The molecule has 0 saturated carbocycles. The molecule has 3 N–H and O–H groups in total. The molecule has 0 saturated heterocycles. The van der Waals surface area contributed by atoms with Gasteiger partial charge in [0.1, 0.15) is 0 Å². The highest BCUT2D eigenvalue weighted by Crippen LogP contribution is 2.38. The minimum atomic E-state index is 0.0910. The quantitative estimate of drug-likeness (QED) is 0.571. The lowest BCUT2D eigenvalue weighted by Crippen LogP contribution is -2.23. The number of hydrogen-bond donors (Lipinski definition) is 2. The Morgan fingerprint density at radius 1 is 0.882 bits per heavy atom. The Bertz CT molecular complexity index is 371. The van der Waals surface area contributed by atoms with Crippen LogP contribution in [-0.2, 0) is 10.8 Å². The second kappa shape index (κ2) is 4.34. The van der Waals surface area contributed by atoms with Crippen LogP contribution in [0.25, 0.3) is 0 Å². The van der Waals surface area contributed by atoms with E-state index in [1.165, 1.54) is 16.7 Å². The number of hydrazine groups is 1. The monoisotopic (exact) mass is 234 g/mol. The molecule has 17 heavy (non-hydrogen) atoms. The SMILES string of the molecule is Cc1cc(C(C)(C)C)c(NN)c(C(C)(C)C)c1. The summed E-state index contributed by atoms with van der Waals surface area (Å²) in [4.78, 5) is 0. The van der Waals surface area contributed by atoms with Gasteiger partial charge in [0.15, 0.2) is 0 Å². The summed E-state index contributed by atoms with van der Waals surface area (Å²) in [5.74, 6) is 5.74. The second-order valence-corrected chi connectivity index (χ2v) is 6.88. The first kappa shape index (κ1) is 14.0. The number of anilines is 1. The Morgan fingerprint density at radius 3 is 1.47 bits per heavy atom. The van der Waals surface area contributed by atoms with Crippen LogP contribution >= 0.6 is 0 Å². The summed E-state index contributed by atoms with van der Waals surface area (Å²) in [6.45, 7) is 15.4. The number of aryl methyl sites for hydroxylation is 1. The van der Waals surface area contributed by atoms with Crippen LogP contribution in [0.5, 0.6) is 0 Å². The van der Waals surface area contributed by atoms with Crippen LogP contribution in [-0.4, -0.2) is 0 Å². The summed E-state index contributed by atoms with van der Waals surface area (Å²) in [5.41, 5.74) is 8.02. The van der Waals surface area contributed by atoms with Crippen LogP contribution in [0.2, 0.25) is 0 Å². The minimum Gasteiger partial charge on any atom is -0.324 e. The molecule has 0 aliphatic rings. The molecule has 0 amide bonds. The molecule has 0 aromatic heterocycles. The topological polar surface area (TPSA) is 38.0 Å². The van der Waals surface area contributed by atoms with Gasteiger partial charge < -0.3 is 5.43 Å². The zero-order valence-corrected chi connectivity index (χ0v) is 12.2. The number of nitrogens with two attached hydrogens (primary N) is 1. The van der Waals surface area contributed by atoms with Crippen molar-refractivity contribution in [3.63, 3.8) is 0 Å². The molecule has 1 rings (SSSR count). The predicted molar refractivity (Wildman–Crippen MR) is 76.4 cm³/mol. The van der Waals surface area contributed by atoms with Crippen molar-refractivity contribution in [2.45, 2.75) is 59.3 Å². The van der Waals surface area contributed by atoms with Crippen molar-refractivity contribution in [2.24, 2.45) is 5.84 Å². The number of nitrogen functional groups attached to an aromatic ring is 1. The molecule has 0 spiro atoms. The van der Waals surface area contributed by atoms with E-state index in [1.807, 2.05) is 0 Å². The number of nitrogens with one attached hydrogen (secondary N) is 1. The average molecular weight is 234 g/mol. The average Bonchev–Trinajstić information content (AvgIpc) is 2.13. The fourth-order valence-corrected chi connectivity index (χ4v) is 2.12. The number of rotatable bonds is 1. The molecule has 96 valence electrons. The lowest BCUT2D eigenvalue weighted by molar-refractivity contribution is 0.570. The Kier molecular flexibility index (Phi) is 3.58. The summed E-state index contributed by atoms with van der Waals surface area (Å²) < 4.78 is 0. The Labute approximate surface area is 106 Å². The van der Waals surface area contributed by atoms with Crippen LogP contribution in [0.3, 0.4) is 0 Å². The Balaban J connectivity index is 3.58. The molecule has 0 atom stereocenters. The van der Waals surface area contributed by atoms with E-state index in [0.717, 1.165) is 5.69 Å². The third-order valence-corrected chi connectivity index (χ3v) is 3.04. The van der Waals surface area contributed by atoms with Gasteiger partial charge in [-0.25, -0.2) is 0 Å². The Hall–Kier alpha value is -1.02. The molecule has 1 aromatic rings. The van der Waals surface area contributed by atoms with Gasteiger partial charge in [-0.15, -0.1) is 0 Å². The van der Waals surface area contributed by atoms with Gasteiger partial charge in [-0.05, 0) is 28.9 Å². The number of hydrogen-bond acceptors (Lipinski definition) is 2. The maximum absolute atomic E-state index is 5.74. The molecule has 0 fully saturated rings. The number of benzene rings is 1. The minimum absolute atomic E-state index is 0.0910. The van der Waals surface area contributed by atoms with Gasteiger partial charge in [0, 0.05) is 0 Å². The fraction of sp³-hybridized carbons (Fsp3) is 0.600. The summed E-state index contributed by atoms with van der Waals surface area (Å²) in [6.07, 6.45) is 0. The van der Waals surface area contributed by atoms with E-state index in [2.05, 4.69) is 66.0 Å². The molecule has 0 unspecified atom stereocenters. The van der Waals surface area contributed by atoms with E-state index < -0.39 is 0 Å². The molecular formula is C15H26N2. The van der Waals surface area contributed by atoms with Crippen molar-refractivity contribution in [3.8, 4) is 0 Å². The first-order valence-electron chi connectivity index (χ1n) is 6.19. The lowest BCUT2D eigenvalue weighted by atomic mass is 9.78. The van der Waals surface area contributed by atoms with E-state index >= 15 is 0 Å². The van der Waals surface area contributed by atoms with Crippen molar-refractivity contribution < 1.29 is 0 Å². The molecule has 0 bridgehead atoms. The van der Waals surface area contributed by atoms with Gasteiger partial charge in [-0.2, -0.15) is 0 Å². The van der Waals surface area contributed by atoms with Crippen LogP contribution < -0.4 is 11.3 Å². The smallest absolute Gasteiger partial charge is 0.0559 e. The molecule has 2 nitrogen and oxygen atoms in total. The van der Waals surface area contributed by atoms with Crippen molar-refractivity contribution in [1.29, 1.82) is 0 Å². The Morgan fingerprint density at radius 2 is 1.24 bits per heavy atom. The molecule has 0 aliphatic heterocycles. The van der Waals surface area contributed by atoms with E-state index in [0.29, 0.717) is 0 Å². The largest absolute Gasteiger partial charge is 0.324 e. The molecule has 2 heteroatoms. The van der Waals surface area contributed by atoms with Gasteiger partial charge in [0.05, 0.1) is 5.69 Å². The third kappa shape index (κ3) is 3.01. The van der Waals surface area contributed by atoms with Gasteiger partial charge in [-0.3, -0.25) is 5.84 Å². The van der Waals surface area contributed by atoms with Crippen LogP contribution in [0, 0.1) is 6.92 Å². The van der Waals surface area contributed by atoms with Gasteiger partial charge in [0.2, 0.25) is 0 Å². The highest BCUT2D eigenvalue weighted by Gasteiger charge is 2.25. The molecule has 0 heterocycles. The normalized spacial score (nSPS) is 12.7. The van der Waals surface area contributed by atoms with E-state index in [4.69, 9.17) is 5.84 Å². The molecule has 1 aromatic carbocycles. The maximum Gasteiger partial charge on any atom is 0.0559 e. The summed E-state index contributed by atoms with van der Waals surface area (Å²) >= 11 is 0. The summed E-state index contributed by atoms with van der Waals surface area (Å²) in [6, 6.07) is 4.45. The lowest BCUT2D eigenvalue weighted by Gasteiger charge is -2.30. The van der Waals surface area contributed by atoms with E-state index in [-0.39, 0.29) is 10.8 Å². The van der Waals surface area contributed by atoms with Crippen LogP contribution in [0.4, 0.5) is 5.69 Å². The highest BCUT2D eigenvalue weighted by molar-refractivity contribution is 5.63. The summed E-state index contributed by atoms with van der Waals surface area (Å²) in [5, 5.41) is 0. The standard InChI is InChI=1S/C15H26N2/c1-10-8-11(14(2,3)4)13(17-16)12(9-10)15(5,6)7/h8-9,17H,16H2,1-7H3. The second-order valence-electron chi connectivity index (χ2n) is 6.88. The first-order valence-corrected chi connectivity index (χ1v) is 6.19. The van der Waals surface area contributed by atoms with E-state index in [9.17, 15) is 0 Å². The molecular weight excluding hydrogens is 208 g/mol. The third-order valence-electron chi connectivity index (χ3n) is 3.04. The molecule has 0 radical (unpaired) electrons. The van der Waals surface area contributed by atoms with Crippen LogP contribution in [0.1, 0.15) is 58.2 Å². The zero-order chi connectivity index (χ0) is 13.4. The molecule has 0 aliphatic carbocycles. The first-order chi connectivity index (χ1) is 7.57. The van der Waals surface area contributed by atoms with Gasteiger partial charge in [0.25, 0.3) is 0 Å². The van der Waals surface area contributed by atoms with Crippen molar-refractivity contribution in [3.05, 3.63) is 28.8 Å². The van der Waals surface area contributed by atoms with Gasteiger partial charge in [-0.1, -0.05) is 59.2 Å². The summed E-state index contributed by atoms with van der Waals surface area (Å²) in [7, 11) is 0. The predicted octanol–water partition coefficient (Wildman–Crippen LogP) is 3.88. The van der Waals surface area contributed by atoms with Gasteiger partial charge >= 0.3 is 0 Å². The highest BCUT2D eigenvalue weighted by atomic mass is 15.2. The van der Waals surface area contributed by atoms with E-state index in [1.54, 1.807) is 0 Å². The fourth-order valence-electron chi connectivity index (χ4n) is 2.12. The maximum atomic E-state index is 5.74.